The zero-order valence-electron chi connectivity index (χ0n) is 19.1. The minimum atomic E-state index is -1.24. The van der Waals surface area contributed by atoms with Crippen molar-refractivity contribution in [3.8, 4) is 10.6 Å². The third kappa shape index (κ3) is 5.09. The summed E-state index contributed by atoms with van der Waals surface area (Å²) in [5.74, 6) is -2.01. The van der Waals surface area contributed by atoms with Gasteiger partial charge in [0, 0.05) is 38.5 Å². The lowest BCUT2D eigenvalue weighted by molar-refractivity contribution is -0.384. The van der Waals surface area contributed by atoms with E-state index in [4.69, 9.17) is 31.2 Å². The van der Waals surface area contributed by atoms with Crippen molar-refractivity contribution in [2.75, 3.05) is 6.61 Å². The lowest BCUT2D eigenvalue weighted by Crippen LogP contribution is -2.55. The number of hydrogen-bond donors (Lipinski definition) is 0. The van der Waals surface area contributed by atoms with E-state index in [9.17, 15) is 24.5 Å². The number of fused-ring (bicyclic) bond motifs is 1. The highest BCUT2D eigenvalue weighted by Crippen LogP contribution is 2.33. The Kier molecular flexibility index (Phi) is 7.09. The van der Waals surface area contributed by atoms with Crippen molar-refractivity contribution in [2.24, 2.45) is 0 Å². The number of esters is 3. The molecule has 0 spiro atoms. The largest absolute Gasteiger partial charge is 0.456 e. The Morgan fingerprint density at radius 1 is 1.06 bits per heavy atom. The van der Waals surface area contributed by atoms with Crippen LogP contribution in [0.1, 0.15) is 27.0 Å². The van der Waals surface area contributed by atoms with Gasteiger partial charge >= 0.3 is 17.9 Å². The van der Waals surface area contributed by atoms with Gasteiger partial charge in [0.05, 0.1) is 11.5 Å². The van der Waals surface area contributed by atoms with Crippen molar-refractivity contribution in [2.45, 2.75) is 45.3 Å². The van der Waals surface area contributed by atoms with Gasteiger partial charge in [0.15, 0.2) is 24.5 Å². The van der Waals surface area contributed by atoms with Crippen LogP contribution < -0.4 is 0 Å². The molecule has 1 saturated heterocycles. The average Bonchev–Trinajstić information content (AvgIpc) is 3.35. The van der Waals surface area contributed by atoms with Gasteiger partial charge < -0.3 is 18.9 Å². The molecule has 3 heterocycles. The molecule has 0 amide bonds. The van der Waals surface area contributed by atoms with Crippen LogP contribution in [0.25, 0.3) is 15.5 Å². The highest BCUT2D eigenvalue weighted by atomic mass is 32.1. The van der Waals surface area contributed by atoms with E-state index in [1.165, 1.54) is 42.1 Å². The minimum Gasteiger partial charge on any atom is -0.456 e. The van der Waals surface area contributed by atoms with E-state index in [2.05, 4.69) is 10.2 Å². The first-order valence-electron chi connectivity index (χ1n) is 10.4. The molecule has 0 N–H and O–H groups in total. The quantitative estimate of drug-likeness (QED) is 0.148. The summed E-state index contributed by atoms with van der Waals surface area (Å²) in [6.07, 6.45) is -4.57. The lowest BCUT2D eigenvalue weighted by Gasteiger charge is -2.40. The van der Waals surface area contributed by atoms with Gasteiger partial charge in [-0.2, -0.15) is 9.61 Å². The van der Waals surface area contributed by atoms with E-state index in [1.807, 2.05) is 0 Å². The number of ether oxygens (including phenoxy) is 4. The molecule has 14 nitrogen and oxygen atoms in total. The third-order valence-electron chi connectivity index (χ3n) is 5.02. The van der Waals surface area contributed by atoms with E-state index in [1.54, 1.807) is 12.1 Å². The van der Waals surface area contributed by atoms with Crippen molar-refractivity contribution >= 4 is 52.1 Å². The molecule has 1 aromatic carbocycles. The summed E-state index contributed by atoms with van der Waals surface area (Å²) in [6, 6.07) is 5.85. The predicted molar refractivity (Wildman–Crippen MR) is 123 cm³/mol. The standard InChI is InChI=1S/C20H19N5O9S2/c1-9(26)32-14-8-31-18(16(34-11(3)28)15(14)33-10(2)27)23-20(35)24-19(22-23)36-17(21-24)12-4-6-13(7-5-12)25(29)30/h4-7,14-16,18H,8H2,1-3H3/t14-,15-,16+,18+/m0/s1. The summed E-state index contributed by atoms with van der Waals surface area (Å²) in [4.78, 5) is 46.0. The molecule has 0 bridgehead atoms. The molecule has 4 rings (SSSR count). The first kappa shape index (κ1) is 25.3. The molecule has 1 fully saturated rings. The Balaban J connectivity index is 1.70. The minimum absolute atomic E-state index is 0.0535. The summed E-state index contributed by atoms with van der Waals surface area (Å²) < 4.78 is 24.5. The molecule has 1 aliphatic rings. The number of carbonyl (C=O) groups is 3. The van der Waals surface area contributed by atoms with E-state index in [0.29, 0.717) is 15.5 Å². The maximum atomic E-state index is 11.9. The molecule has 4 atom stereocenters. The van der Waals surface area contributed by atoms with Gasteiger partial charge in [-0.25, -0.2) is 4.68 Å². The molecule has 0 saturated carbocycles. The number of nitrogens with zero attached hydrogens (tertiary/aromatic N) is 5. The Morgan fingerprint density at radius 3 is 2.22 bits per heavy atom. The predicted octanol–water partition coefficient (Wildman–Crippen LogP) is 2.22. The van der Waals surface area contributed by atoms with Crippen LogP contribution in [0.15, 0.2) is 24.3 Å². The van der Waals surface area contributed by atoms with E-state index in [0.717, 1.165) is 11.3 Å². The SMILES string of the molecule is CC(=O)O[C@@H]1[C@@H](OC(C)=O)[C@H](n2nc3sc(-c4ccc([N+](=O)[O-])cc4)nn3c2=S)OC[C@@H]1OC(C)=O. The van der Waals surface area contributed by atoms with Gasteiger partial charge in [0.1, 0.15) is 5.01 Å². The molecule has 0 unspecified atom stereocenters. The Hall–Kier alpha value is -3.76. The number of nitro benzene ring substituents is 1. The van der Waals surface area contributed by atoms with Gasteiger partial charge in [-0.15, -0.1) is 5.10 Å². The van der Waals surface area contributed by atoms with Crippen LogP contribution in [0, 0.1) is 14.9 Å². The van der Waals surface area contributed by atoms with Gasteiger partial charge in [-0.05, 0) is 24.4 Å². The molecule has 36 heavy (non-hydrogen) atoms. The first-order chi connectivity index (χ1) is 17.0. The van der Waals surface area contributed by atoms with Gasteiger partial charge in [-0.1, -0.05) is 11.3 Å². The van der Waals surface area contributed by atoms with E-state index < -0.39 is 47.4 Å². The number of carbonyl (C=O) groups excluding carboxylic acids is 3. The zero-order chi connectivity index (χ0) is 26.1. The van der Waals surface area contributed by atoms with Crippen LogP contribution in [0.4, 0.5) is 5.69 Å². The van der Waals surface area contributed by atoms with Crippen LogP contribution in [-0.4, -0.2) is 67.1 Å². The summed E-state index contributed by atoms with van der Waals surface area (Å²) >= 11 is 6.69. The fourth-order valence-corrected chi connectivity index (χ4v) is 4.87. The summed E-state index contributed by atoms with van der Waals surface area (Å²) in [7, 11) is 0. The Morgan fingerprint density at radius 2 is 1.67 bits per heavy atom. The normalized spacial score (nSPS) is 21.6. The molecular formula is C20H19N5O9S2. The van der Waals surface area contributed by atoms with Crippen molar-refractivity contribution in [1.82, 2.24) is 19.4 Å². The van der Waals surface area contributed by atoms with Crippen LogP contribution in [0.5, 0.6) is 0 Å². The number of benzene rings is 1. The maximum Gasteiger partial charge on any atom is 0.303 e. The van der Waals surface area contributed by atoms with Crippen molar-refractivity contribution in [3.63, 3.8) is 0 Å². The Labute approximate surface area is 211 Å². The smallest absolute Gasteiger partial charge is 0.303 e. The van der Waals surface area contributed by atoms with Crippen LogP contribution in [-0.2, 0) is 33.3 Å². The molecule has 1 aliphatic heterocycles. The topological polar surface area (TPSA) is 166 Å². The van der Waals surface area contributed by atoms with Crippen molar-refractivity contribution in [1.29, 1.82) is 0 Å². The number of hydrogen-bond acceptors (Lipinski definition) is 13. The molecular weight excluding hydrogens is 518 g/mol. The zero-order valence-corrected chi connectivity index (χ0v) is 20.7. The fourth-order valence-electron chi connectivity index (χ4n) is 3.64. The monoisotopic (exact) mass is 537 g/mol. The van der Waals surface area contributed by atoms with Gasteiger partial charge in [0.2, 0.25) is 9.73 Å². The maximum absolute atomic E-state index is 11.9. The van der Waals surface area contributed by atoms with Gasteiger partial charge in [-0.3, -0.25) is 24.5 Å². The van der Waals surface area contributed by atoms with Crippen LogP contribution >= 0.6 is 23.6 Å². The van der Waals surface area contributed by atoms with Crippen molar-refractivity contribution < 1.29 is 38.3 Å². The second-order valence-electron chi connectivity index (χ2n) is 7.65. The molecule has 2 aromatic heterocycles. The van der Waals surface area contributed by atoms with Crippen LogP contribution in [0.3, 0.4) is 0 Å². The number of rotatable bonds is 6. The van der Waals surface area contributed by atoms with E-state index >= 15 is 0 Å². The average molecular weight is 538 g/mol. The molecule has 3 aromatic rings. The Bertz CT molecular complexity index is 1400. The molecule has 16 heteroatoms. The summed E-state index contributed by atoms with van der Waals surface area (Å²) in [5, 5.41) is 20.3. The van der Waals surface area contributed by atoms with Crippen molar-refractivity contribution in [3.05, 3.63) is 39.2 Å². The molecule has 190 valence electrons. The van der Waals surface area contributed by atoms with Gasteiger partial charge in [0.25, 0.3) is 5.69 Å². The lowest BCUT2D eigenvalue weighted by atomic mass is 10.0. The first-order valence-corrected chi connectivity index (χ1v) is 11.6. The summed E-state index contributed by atoms with van der Waals surface area (Å²) in [5.41, 5.74) is 0.574. The second kappa shape index (κ2) is 10.1. The number of aromatic nitrogens is 4. The highest BCUT2D eigenvalue weighted by Gasteiger charge is 2.48. The van der Waals surface area contributed by atoms with Crippen LogP contribution in [0.2, 0.25) is 0 Å². The number of nitro groups is 1. The fraction of sp³-hybridized carbons (Fsp3) is 0.400. The molecule has 0 radical (unpaired) electrons. The summed E-state index contributed by atoms with van der Waals surface area (Å²) in [6.45, 7) is 3.34. The van der Waals surface area contributed by atoms with E-state index in [-0.39, 0.29) is 17.1 Å². The third-order valence-corrected chi connectivity index (χ3v) is 6.33. The number of non-ortho nitro benzene ring substituents is 1. The molecule has 0 aliphatic carbocycles. The highest BCUT2D eigenvalue weighted by molar-refractivity contribution is 7.71. The second-order valence-corrected chi connectivity index (χ2v) is 8.97.